The van der Waals surface area contributed by atoms with Gasteiger partial charge in [-0.3, -0.25) is 9.78 Å². The van der Waals surface area contributed by atoms with E-state index in [1.165, 1.54) is 30.0 Å². The van der Waals surface area contributed by atoms with Gasteiger partial charge in [-0.2, -0.15) is 4.36 Å². The molecule has 1 atom stereocenters. The van der Waals surface area contributed by atoms with Gasteiger partial charge in [-0.15, -0.1) is 0 Å². The summed E-state index contributed by atoms with van der Waals surface area (Å²) in [6, 6.07) is 10.2. The van der Waals surface area contributed by atoms with E-state index in [-0.39, 0.29) is 5.56 Å². The molecule has 130 valence electrons. The number of carbonyl (C=O) groups excluding carboxylic acids is 1. The molecule has 0 spiro atoms. The molecule has 0 unspecified atom stereocenters. The number of amides is 1. The van der Waals surface area contributed by atoms with E-state index in [4.69, 9.17) is 5.73 Å². The van der Waals surface area contributed by atoms with Crippen molar-refractivity contribution in [1.82, 2.24) is 9.97 Å². The van der Waals surface area contributed by atoms with Crippen LogP contribution in [0.3, 0.4) is 0 Å². The first-order valence-electron chi connectivity index (χ1n) is 7.44. The zero-order chi connectivity index (χ0) is 18.6. The summed E-state index contributed by atoms with van der Waals surface area (Å²) in [5, 5.41) is 0.439. The lowest BCUT2D eigenvalue weighted by molar-refractivity contribution is 0.100. The fourth-order valence-electron chi connectivity index (χ4n) is 2.04. The topological polar surface area (TPSA) is 98.3 Å². The van der Waals surface area contributed by atoms with Crippen molar-refractivity contribution in [3.05, 3.63) is 71.0 Å². The molecule has 1 aromatic carbocycles. The van der Waals surface area contributed by atoms with Crippen LogP contribution in [0, 0.1) is 11.8 Å². The van der Waals surface area contributed by atoms with Crippen LogP contribution in [-0.2, 0) is 9.73 Å². The SMILES string of the molecule is C[S@@](=O)(=NC(=O)c1cncc(C#Cc2cnc(N)s2)c1)c1ccccc1. The summed E-state index contributed by atoms with van der Waals surface area (Å²) in [6.07, 6.45) is 5.93. The Balaban J connectivity index is 1.88. The molecule has 26 heavy (non-hydrogen) atoms. The van der Waals surface area contributed by atoms with Gasteiger partial charge in [-0.25, -0.2) is 9.19 Å². The average molecular weight is 382 g/mol. The molecule has 8 heteroatoms. The second-order valence-electron chi connectivity index (χ2n) is 5.29. The molecule has 3 aromatic rings. The Labute approximate surface area is 155 Å². The smallest absolute Gasteiger partial charge is 0.286 e. The number of nitrogens with two attached hydrogens (primary N) is 1. The van der Waals surface area contributed by atoms with Gasteiger partial charge in [0, 0.05) is 29.1 Å². The van der Waals surface area contributed by atoms with Gasteiger partial charge in [0.2, 0.25) is 0 Å². The Kier molecular flexibility index (Phi) is 5.11. The van der Waals surface area contributed by atoms with E-state index >= 15 is 0 Å². The first-order chi connectivity index (χ1) is 12.4. The Morgan fingerprint density at radius 1 is 1.19 bits per heavy atom. The standard InChI is InChI=1S/C18H14N4O2S2/c1-26(24,16-5-3-2-4-6-16)22-17(23)14-9-13(10-20-11-14)7-8-15-12-21-18(19)25-15/h2-6,9-12H,1H3,(H2,19,21)/t26-/m0/s1. The highest BCUT2D eigenvalue weighted by molar-refractivity contribution is 7.93. The van der Waals surface area contributed by atoms with Crippen LogP contribution in [0.4, 0.5) is 5.13 Å². The van der Waals surface area contributed by atoms with Crippen molar-refractivity contribution in [1.29, 1.82) is 0 Å². The normalized spacial score (nSPS) is 12.5. The second-order valence-corrected chi connectivity index (χ2v) is 8.61. The Bertz CT molecular complexity index is 1130. The van der Waals surface area contributed by atoms with Gasteiger partial charge in [-0.05, 0) is 24.1 Å². The summed E-state index contributed by atoms with van der Waals surface area (Å²) in [4.78, 5) is 21.6. The number of pyridine rings is 1. The minimum Gasteiger partial charge on any atom is -0.375 e. The average Bonchev–Trinajstić information content (AvgIpc) is 3.06. The van der Waals surface area contributed by atoms with E-state index in [2.05, 4.69) is 26.2 Å². The van der Waals surface area contributed by atoms with Crippen molar-refractivity contribution in [3.63, 3.8) is 0 Å². The quantitative estimate of drug-likeness (QED) is 0.687. The number of anilines is 1. The molecule has 0 aliphatic carbocycles. The molecule has 0 saturated carbocycles. The van der Waals surface area contributed by atoms with Crippen molar-refractivity contribution in [2.45, 2.75) is 4.90 Å². The number of benzene rings is 1. The number of rotatable bonds is 2. The Morgan fingerprint density at radius 3 is 2.65 bits per heavy atom. The van der Waals surface area contributed by atoms with Gasteiger partial charge in [-0.1, -0.05) is 35.5 Å². The van der Waals surface area contributed by atoms with Crippen molar-refractivity contribution in [2.75, 3.05) is 12.0 Å². The van der Waals surface area contributed by atoms with E-state index in [0.717, 1.165) is 0 Å². The molecular formula is C18H14N4O2S2. The molecule has 3 rings (SSSR count). The van der Waals surface area contributed by atoms with Crippen molar-refractivity contribution in [2.24, 2.45) is 4.36 Å². The molecule has 6 nitrogen and oxygen atoms in total. The molecule has 0 saturated heterocycles. The van der Waals surface area contributed by atoms with E-state index in [1.807, 2.05) is 6.07 Å². The van der Waals surface area contributed by atoms with Gasteiger partial charge >= 0.3 is 0 Å². The van der Waals surface area contributed by atoms with Crippen LogP contribution in [0.25, 0.3) is 0 Å². The van der Waals surface area contributed by atoms with Crippen molar-refractivity contribution < 1.29 is 9.00 Å². The molecule has 2 N–H and O–H groups in total. The maximum Gasteiger partial charge on any atom is 0.286 e. The van der Waals surface area contributed by atoms with Crippen LogP contribution in [0.5, 0.6) is 0 Å². The third-order valence-corrected chi connectivity index (χ3v) is 5.68. The van der Waals surface area contributed by atoms with Crippen molar-refractivity contribution >= 4 is 32.1 Å². The summed E-state index contributed by atoms with van der Waals surface area (Å²) >= 11 is 1.27. The highest BCUT2D eigenvalue weighted by Crippen LogP contribution is 2.14. The first-order valence-corrected chi connectivity index (χ1v) is 10.2. The maximum atomic E-state index is 12.7. The lowest BCUT2D eigenvalue weighted by atomic mass is 10.2. The summed E-state index contributed by atoms with van der Waals surface area (Å²) in [5.41, 5.74) is 6.33. The monoisotopic (exact) mass is 382 g/mol. The van der Waals surface area contributed by atoms with Crippen LogP contribution in [0.1, 0.15) is 20.8 Å². The highest BCUT2D eigenvalue weighted by Gasteiger charge is 2.11. The van der Waals surface area contributed by atoms with Gasteiger partial charge in [0.05, 0.1) is 26.4 Å². The van der Waals surface area contributed by atoms with E-state index in [0.29, 0.717) is 20.5 Å². The van der Waals surface area contributed by atoms with Crippen LogP contribution in [0.15, 0.2) is 64.2 Å². The van der Waals surface area contributed by atoms with Gasteiger partial charge in [0.1, 0.15) is 0 Å². The molecular weight excluding hydrogens is 368 g/mol. The van der Waals surface area contributed by atoms with E-state index < -0.39 is 15.6 Å². The zero-order valence-corrected chi connectivity index (χ0v) is 15.4. The molecule has 2 heterocycles. The number of aromatic nitrogens is 2. The number of thiazole rings is 1. The largest absolute Gasteiger partial charge is 0.375 e. The fourth-order valence-corrected chi connectivity index (χ4v) is 3.77. The van der Waals surface area contributed by atoms with Crippen LogP contribution >= 0.6 is 11.3 Å². The second kappa shape index (κ2) is 7.47. The molecule has 0 aliphatic rings. The molecule has 0 fully saturated rings. The Morgan fingerprint density at radius 2 is 1.96 bits per heavy atom. The summed E-state index contributed by atoms with van der Waals surface area (Å²) < 4.78 is 16.6. The predicted octanol–water partition coefficient (Wildman–Crippen LogP) is 2.82. The first kappa shape index (κ1) is 17.8. The van der Waals surface area contributed by atoms with Gasteiger partial charge < -0.3 is 5.73 Å². The number of hydrogen-bond donors (Lipinski definition) is 1. The molecule has 2 aromatic heterocycles. The van der Waals surface area contributed by atoms with Gasteiger partial charge in [0.25, 0.3) is 5.91 Å². The fraction of sp³-hybridized carbons (Fsp3) is 0.0556. The third kappa shape index (κ3) is 4.33. The van der Waals surface area contributed by atoms with Crippen LogP contribution in [-0.4, -0.2) is 26.3 Å². The number of hydrogen-bond acceptors (Lipinski definition) is 6. The number of nitrogen functional groups attached to an aromatic ring is 1. The van der Waals surface area contributed by atoms with Gasteiger partial charge in [0.15, 0.2) is 5.13 Å². The lowest BCUT2D eigenvalue weighted by Gasteiger charge is -2.03. The van der Waals surface area contributed by atoms with Crippen LogP contribution in [0.2, 0.25) is 0 Å². The zero-order valence-electron chi connectivity index (χ0n) is 13.7. The minimum absolute atomic E-state index is 0.228. The summed E-state index contributed by atoms with van der Waals surface area (Å²) in [5.74, 6) is 5.21. The molecule has 1 amide bonds. The number of nitrogens with zero attached hydrogens (tertiary/aromatic N) is 3. The van der Waals surface area contributed by atoms with Crippen LogP contribution < -0.4 is 5.73 Å². The number of carbonyl (C=O) groups is 1. The predicted molar refractivity (Wildman–Crippen MR) is 102 cm³/mol. The summed E-state index contributed by atoms with van der Waals surface area (Å²) in [7, 11) is -2.83. The minimum atomic E-state index is -2.83. The maximum absolute atomic E-state index is 12.7. The lowest BCUT2D eigenvalue weighted by Crippen LogP contribution is -2.04. The van der Waals surface area contributed by atoms with E-state index in [1.54, 1.807) is 36.5 Å². The van der Waals surface area contributed by atoms with E-state index in [9.17, 15) is 9.00 Å². The highest BCUT2D eigenvalue weighted by atomic mass is 32.2. The molecule has 0 bridgehead atoms. The third-order valence-electron chi connectivity index (χ3n) is 3.28. The molecule has 0 radical (unpaired) electrons. The molecule has 0 aliphatic heterocycles. The summed E-state index contributed by atoms with van der Waals surface area (Å²) in [6.45, 7) is 0. The Hall–Kier alpha value is -3.02. The van der Waals surface area contributed by atoms with Crippen molar-refractivity contribution in [3.8, 4) is 11.8 Å².